The van der Waals surface area contributed by atoms with E-state index in [-0.39, 0.29) is 17.9 Å². The molecule has 3 heterocycles. The van der Waals surface area contributed by atoms with Crippen molar-refractivity contribution in [1.82, 2.24) is 15.2 Å². The average molecular weight is 503 g/mol. The molecule has 9 heteroatoms. The average Bonchev–Trinajstić information content (AvgIpc) is 3.36. The lowest BCUT2D eigenvalue weighted by molar-refractivity contribution is 0.0745. The standard InChI is InChI=1S/C23H27BrN4O4/c1-31-17-5-6-20(24)19(13-17)23(30)28-10-8-27(9-11-28)21-7-4-16(14-25-21)22(29)26-15-18-3-2-12-32-18/h4-7,13-14,18H,2-3,8-12,15H2,1H3,(H,26,29). The summed E-state index contributed by atoms with van der Waals surface area (Å²) in [6.07, 6.45) is 3.75. The predicted molar refractivity (Wildman–Crippen MR) is 124 cm³/mol. The Morgan fingerprint density at radius 3 is 2.69 bits per heavy atom. The van der Waals surface area contributed by atoms with Crippen LogP contribution in [0.25, 0.3) is 0 Å². The van der Waals surface area contributed by atoms with Gasteiger partial charge < -0.3 is 24.6 Å². The van der Waals surface area contributed by atoms with E-state index in [1.807, 2.05) is 23.1 Å². The molecular formula is C23H27BrN4O4. The highest BCUT2D eigenvalue weighted by Gasteiger charge is 2.25. The van der Waals surface area contributed by atoms with E-state index in [4.69, 9.17) is 9.47 Å². The van der Waals surface area contributed by atoms with Crippen molar-refractivity contribution >= 4 is 33.6 Å². The smallest absolute Gasteiger partial charge is 0.255 e. The van der Waals surface area contributed by atoms with Crippen molar-refractivity contribution in [2.75, 3.05) is 51.3 Å². The lowest BCUT2D eigenvalue weighted by Gasteiger charge is -2.35. The summed E-state index contributed by atoms with van der Waals surface area (Å²) in [7, 11) is 1.59. The zero-order valence-corrected chi connectivity index (χ0v) is 19.6. The van der Waals surface area contributed by atoms with Crippen molar-refractivity contribution < 1.29 is 19.1 Å². The van der Waals surface area contributed by atoms with Gasteiger partial charge in [0.1, 0.15) is 11.6 Å². The molecule has 170 valence electrons. The lowest BCUT2D eigenvalue weighted by Crippen LogP contribution is -2.49. The molecule has 1 N–H and O–H groups in total. The number of carbonyl (C=O) groups is 2. The highest BCUT2D eigenvalue weighted by molar-refractivity contribution is 9.10. The molecule has 2 amide bonds. The van der Waals surface area contributed by atoms with Crippen molar-refractivity contribution in [3.63, 3.8) is 0 Å². The number of pyridine rings is 1. The first-order valence-corrected chi connectivity index (χ1v) is 11.6. The van der Waals surface area contributed by atoms with E-state index in [1.165, 1.54) is 0 Å². The van der Waals surface area contributed by atoms with Crippen LogP contribution in [0.5, 0.6) is 5.75 Å². The number of benzene rings is 1. The molecule has 8 nitrogen and oxygen atoms in total. The van der Waals surface area contributed by atoms with E-state index < -0.39 is 0 Å². The van der Waals surface area contributed by atoms with Crippen LogP contribution in [0.3, 0.4) is 0 Å². The van der Waals surface area contributed by atoms with Gasteiger partial charge in [-0.3, -0.25) is 9.59 Å². The van der Waals surface area contributed by atoms with Gasteiger partial charge in [-0.1, -0.05) is 0 Å². The van der Waals surface area contributed by atoms with Crippen LogP contribution in [0, 0.1) is 0 Å². The largest absolute Gasteiger partial charge is 0.497 e. The second-order valence-corrected chi connectivity index (χ2v) is 8.73. The quantitative estimate of drug-likeness (QED) is 0.653. The first-order chi connectivity index (χ1) is 15.5. The summed E-state index contributed by atoms with van der Waals surface area (Å²) in [6, 6.07) is 9.04. The molecule has 32 heavy (non-hydrogen) atoms. The molecule has 0 bridgehead atoms. The molecule has 0 radical (unpaired) electrons. The van der Waals surface area contributed by atoms with Crippen molar-refractivity contribution in [3.05, 3.63) is 52.1 Å². The van der Waals surface area contributed by atoms with Crippen LogP contribution in [0.1, 0.15) is 33.6 Å². The van der Waals surface area contributed by atoms with E-state index in [2.05, 4.69) is 31.1 Å². The van der Waals surface area contributed by atoms with Gasteiger partial charge in [-0.25, -0.2) is 4.98 Å². The minimum absolute atomic E-state index is 0.0263. The van der Waals surface area contributed by atoms with Gasteiger partial charge in [0, 0.05) is 50.0 Å². The number of anilines is 1. The summed E-state index contributed by atoms with van der Waals surface area (Å²) in [5, 5.41) is 2.91. The number of aromatic nitrogens is 1. The monoisotopic (exact) mass is 502 g/mol. The summed E-state index contributed by atoms with van der Waals surface area (Å²) < 4.78 is 11.5. The van der Waals surface area contributed by atoms with Crippen LogP contribution in [0.4, 0.5) is 5.82 Å². The van der Waals surface area contributed by atoms with Gasteiger partial charge in [-0.15, -0.1) is 0 Å². The van der Waals surface area contributed by atoms with E-state index in [1.54, 1.807) is 25.4 Å². The Morgan fingerprint density at radius 2 is 2.03 bits per heavy atom. The molecule has 2 fully saturated rings. The van der Waals surface area contributed by atoms with Crippen LogP contribution in [-0.2, 0) is 4.74 Å². The number of ether oxygens (including phenoxy) is 2. The third-order valence-electron chi connectivity index (χ3n) is 5.82. The number of halogens is 1. The maximum absolute atomic E-state index is 13.0. The minimum atomic E-state index is -0.140. The number of rotatable bonds is 6. The van der Waals surface area contributed by atoms with Gasteiger partial charge in [0.05, 0.1) is 24.3 Å². The third kappa shape index (κ3) is 5.21. The summed E-state index contributed by atoms with van der Waals surface area (Å²) in [5.41, 5.74) is 1.12. The van der Waals surface area contributed by atoms with Crippen LogP contribution in [0.15, 0.2) is 41.0 Å². The summed E-state index contributed by atoms with van der Waals surface area (Å²) in [4.78, 5) is 33.7. The summed E-state index contributed by atoms with van der Waals surface area (Å²) >= 11 is 3.46. The number of nitrogens with one attached hydrogen (secondary N) is 1. The molecule has 4 rings (SSSR count). The number of piperazine rings is 1. The normalized spacial score (nSPS) is 18.5. The van der Waals surface area contributed by atoms with Crippen LogP contribution < -0.4 is 15.0 Å². The van der Waals surface area contributed by atoms with Crippen molar-refractivity contribution in [3.8, 4) is 5.75 Å². The van der Waals surface area contributed by atoms with E-state index >= 15 is 0 Å². The fourth-order valence-corrected chi connectivity index (χ4v) is 4.34. The van der Waals surface area contributed by atoms with Crippen molar-refractivity contribution in [1.29, 1.82) is 0 Å². The van der Waals surface area contributed by atoms with Crippen molar-refractivity contribution in [2.45, 2.75) is 18.9 Å². The first kappa shape index (κ1) is 22.5. The van der Waals surface area contributed by atoms with E-state index in [0.29, 0.717) is 49.6 Å². The Balaban J connectivity index is 1.31. The Labute approximate surface area is 196 Å². The number of carbonyl (C=O) groups excluding carboxylic acids is 2. The molecule has 0 saturated carbocycles. The van der Waals surface area contributed by atoms with Gasteiger partial charge in [0.25, 0.3) is 11.8 Å². The van der Waals surface area contributed by atoms with Crippen LogP contribution in [-0.4, -0.2) is 74.2 Å². The highest BCUT2D eigenvalue weighted by atomic mass is 79.9. The number of hydrogen-bond acceptors (Lipinski definition) is 6. The maximum atomic E-state index is 13.0. The predicted octanol–water partition coefficient (Wildman–Crippen LogP) is 2.72. The van der Waals surface area contributed by atoms with Gasteiger partial charge in [-0.05, 0) is 59.1 Å². The fraction of sp³-hybridized carbons (Fsp3) is 0.435. The number of nitrogens with zero attached hydrogens (tertiary/aromatic N) is 3. The Bertz CT molecular complexity index is 955. The van der Waals surface area contributed by atoms with Crippen molar-refractivity contribution in [2.24, 2.45) is 0 Å². The molecule has 0 spiro atoms. The Morgan fingerprint density at radius 1 is 1.22 bits per heavy atom. The van der Waals surface area contributed by atoms with Gasteiger partial charge in [0.15, 0.2) is 0 Å². The van der Waals surface area contributed by atoms with E-state index in [9.17, 15) is 9.59 Å². The van der Waals surface area contributed by atoms with Gasteiger partial charge in [-0.2, -0.15) is 0 Å². The SMILES string of the molecule is COc1ccc(Br)c(C(=O)N2CCN(c3ccc(C(=O)NCC4CCCO4)cn3)CC2)c1. The zero-order chi connectivity index (χ0) is 22.5. The van der Waals surface area contributed by atoms with Gasteiger partial charge >= 0.3 is 0 Å². The molecule has 1 atom stereocenters. The second-order valence-electron chi connectivity index (χ2n) is 7.88. The van der Waals surface area contributed by atoms with Gasteiger partial charge in [0.2, 0.25) is 0 Å². The zero-order valence-electron chi connectivity index (χ0n) is 18.1. The second kappa shape index (κ2) is 10.3. The first-order valence-electron chi connectivity index (χ1n) is 10.8. The maximum Gasteiger partial charge on any atom is 0.255 e. The number of methoxy groups -OCH3 is 1. The number of amides is 2. The summed E-state index contributed by atoms with van der Waals surface area (Å²) in [5.74, 6) is 1.29. The number of hydrogen-bond donors (Lipinski definition) is 1. The molecule has 2 aliphatic rings. The summed E-state index contributed by atoms with van der Waals surface area (Å²) in [6.45, 7) is 3.82. The Kier molecular flexibility index (Phi) is 7.26. The van der Waals surface area contributed by atoms with Crippen LogP contribution in [0.2, 0.25) is 0 Å². The van der Waals surface area contributed by atoms with E-state index in [0.717, 1.165) is 29.7 Å². The molecule has 1 aromatic carbocycles. The van der Waals surface area contributed by atoms with Crippen LogP contribution >= 0.6 is 15.9 Å². The molecule has 2 aliphatic heterocycles. The highest BCUT2D eigenvalue weighted by Crippen LogP contribution is 2.25. The Hall–Kier alpha value is -2.65. The lowest BCUT2D eigenvalue weighted by atomic mass is 10.1. The fourth-order valence-electron chi connectivity index (χ4n) is 3.93. The molecule has 2 aromatic rings. The molecule has 1 aromatic heterocycles. The molecule has 0 aliphatic carbocycles. The minimum Gasteiger partial charge on any atom is -0.497 e. The molecule has 2 saturated heterocycles. The molecular weight excluding hydrogens is 476 g/mol. The topological polar surface area (TPSA) is 84.0 Å². The molecule has 1 unspecified atom stereocenters. The third-order valence-corrected chi connectivity index (χ3v) is 6.51.